The lowest BCUT2D eigenvalue weighted by molar-refractivity contribution is 0.0905. The Labute approximate surface area is 326 Å². The van der Waals surface area contributed by atoms with Crippen LogP contribution in [0.15, 0.2) is 138 Å². The summed E-state index contributed by atoms with van der Waals surface area (Å²) in [5.41, 5.74) is 1.65. The van der Waals surface area contributed by atoms with Gasteiger partial charge in [-0.15, -0.1) is 11.3 Å². The lowest BCUT2D eigenvalue weighted by Crippen LogP contribution is -2.46. The molecule has 1 aliphatic rings. The smallest absolute Gasteiger partial charge is 0.257 e. The standard InChI is InChI=1S/C47H57N3O3S/c1-2-3-4-5-6-7-8-9-10-11-12-13-14-15-16-17-18-19-20-26-46(51)50-44-39-41(29-27-40(44)28-30-47(50)52)53-37-22-21-32-48-33-35-49(36-34-48)43-24-23-25-45-42(43)31-38-54-45/h3-4,6-7,9-10,12-13,15-16,18-19,23-25,27-31,38-39H,2,5,8,11,14,17,20-22,26,32-37H2,1H3/b4-3-,7-6-,10-9-,13-12-,16-15-,19-18-. The predicted octanol–water partition coefficient (Wildman–Crippen LogP) is 11.3. The topological polar surface area (TPSA) is 54.8 Å². The predicted molar refractivity (Wildman–Crippen MR) is 231 cm³/mol. The number of thiophene rings is 1. The number of anilines is 1. The van der Waals surface area contributed by atoms with E-state index in [1.165, 1.54) is 26.4 Å². The first-order chi connectivity index (χ1) is 26.6. The number of aromatic nitrogens is 1. The summed E-state index contributed by atoms with van der Waals surface area (Å²) in [6.45, 7) is 8.03. The Bertz CT molecular complexity index is 1990. The van der Waals surface area contributed by atoms with Gasteiger partial charge in [0.25, 0.3) is 5.56 Å². The van der Waals surface area contributed by atoms with Crippen LogP contribution in [0.4, 0.5) is 5.69 Å². The molecule has 5 rings (SSSR count). The summed E-state index contributed by atoms with van der Waals surface area (Å²) in [5, 5.41) is 4.39. The second-order valence-corrected chi connectivity index (χ2v) is 14.5. The molecule has 3 heterocycles. The van der Waals surface area contributed by atoms with Crippen molar-refractivity contribution in [3.63, 3.8) is 0 Å². The molecule has 0 unspecified atom stereocenters. The van der Waals surface area contributed by atoms with E-state index in [0.29, 0.717) is 24.3 Å². The second-order valence-electron chi connectivity index (χ2n) is 13.6. The summed E-state index contributed by atoms with van der Waals surface area (Å²) in [7, 11) is 0. The van der Waals surface area contributed by atoms with Crippen molar-refractivity contribution < 1.29 is 9.53 Å². The lowest BCUT2D eigenvalue weighted by atomic mass is 10.1. The fourth-order valence-electron chi connectivity index (χ4n) is 6.61. The van der Waals surface area contributed by atoms with Crippen molar-refractivity contribution in [3.05, 3.63) is 143 Å². The van der Waals surface area contributed by atoms with Crippen LogP contribution in [-0.4, -0.2) is 54.7 Å². The molecule has 1 aliphatic heterocycles. The molecule has 0 N–H and O–H groups in total. The van der Waals surface area contributed by atoms with Gasteiger partial charge in [-0.3, -0.25) is 14.5 Å². The largest absolute Gasteiger partial charge is 0.494 e. The minimum absolute atomic E-state index is 0.200. The highest BCUT2D eigenvalue weighted by Crippen LogP contribution is 2.31. The van der Waals surface area contributed by atoms with Gasteiger partial charge >= 0.3 is 0 Å². The van der Waals surface area contributed by atoms with Crippen molar-refractivity contribution >= 4 is 43.9 Å². The van der Waals surface area contributed by atoms with Gasteiger partial charge in [-0.2, -0.15) is 0 Å². The van der Waals surface area contributed by atoms with Crippen LogP contribution in [0.25, 0.3) is 21.0 Å². The Morgan fingerprint density at radius 2 is 1.39 bits per heavy atom. The molecule has 2 aromatic heterocycles. The maximum absolute atomic E-state index is 13.2. The normalized spacial score (nSPS) is 14.6. The highest BCUT2D eigenvalue weighted by Gasteiger charge is 2.18. The number of benzene rings is 2. The van der Waals surface area contributed by atoms with Gasteiger partial charge in [0.05, 0.1) is 12.1 Å². The molecule has 54 heavy (non-hydrogen) atoms. The van der Waals surface area contributed by atoms with Crippen LogP contribution in [-0.2, 0) is 0 Å². The first kappa shape index (κ1) is 40.5. The molecule has 7 heteroatoms. The van der Waals surface area contributed by atoms with Crippen LogP contribution in [0.1, 0.15) is 75.9 Å². The van der Waals surface area contributed by atoms with Crippen LogP contribution in [0.2, 0.25) is 0 Å². The number of piperazine rings is 1. The van der Waals surface area contributed by atoms with E-state index in [0.717, 1.165) is 89.5 Å². The summed E-state index contributed by atoms with van der Waals surface area (Å²) in [6, 6.07) is 17.8. The number of carbonyl (C=O) groups excluding carboxylic acids is 1. The molecule has 2 aromatic carbocycles. The fourth-order valence-corrected chi connectivity index (χ4v) is 7.42. The Kier molecular flexibility index (Phi) is 17.3. The van der Waals surface area contributed by atoms with Gasteiger partial charge < -0.3 is 9.64 Å². The number of rotatable bonds is 21. The summed E-state index contributed by atoms with van der Waals surface area (Å²) in [4.78, 5) is 31.1. The number of nitrogens with zero attached hydrogens (tertiary/aromatic N) is 3. The number of hydrogen-bond donors (Lipinski definition) is 0. The van der Waals surface area contributed by atoms with Gasteiger partial charge in [-0.05, 0) is 111 Å². The maximum atomic E-state index is 13.2. The van der Waals surface area contributed by atoms with Crippen LogP contribution in [0, 0.1) is 0 Å². The van der Waals surface area contributed by atoms with Gasteiger partial charge in [-0.25, -0.2) is 4.57 Å². The molecule has 1 fully saturated rings. The maximum Gasteiger partial charge on any atom is 0.257 e. The van der Waals surface area contributed by atoms with E-state index < -0.39 is 0 Å². The zero-order chi connectivity index (χ0) is 37.6. The first-order valence-corrected chi connectivity index (χ1v) is 20.7. The average molecular weight is 744 g/mol. The lowest BCUT2D eigenvalue weighted by Gasteiger charge is -2.36. The molecular weight excluding hydrogens is 687 g/mol. The van der Waals surface area contributed by atoms with E-state index >= 15 is 0 Å². The van der Waals surface area contributed by atoms with Crippen molar-refractivity contribution in [2.45, 2.75) is 71.1 Å². The van der Waals surface area contributed by atoms with Gasteiger partial charge in [0.1, 0.15) is 5.75 Å². The van der Waals surface area contributed by atoms with Crippen molar-refractivity contribution in [3.8, 4) is 5.75 Å². The summed E-state index contributed by atoms with van der Waals surface area (Å²) in [5.74, 6) is 0.484. The second kappa shape index (κ2) is 23.1. The molecule has 0 bridgehead atoms. The Hall–Kier alpha value is -4.72. The number of pyridine rings is 1. The quantitative estimate of drug-likeness (QED) is 0.0628. The summed E-state index contributed by atoms with van der Waals surface area (Å²) in [6.07, 6.45) is 34.6. The van der Waals surface area contributed by atoms with Gasteiger partial charge in [-0.1, -0.05) is 85.9 Å². The van der Waals surface area contributed by atoms with Crippen LogP contribution < -0.4 is 15.2 Å². The first-order valence-electron chi connectivity index (χ1n) is 19.8. The third-order valence-corrected chi connectivity index (χ3v) is 10.4. The van der Waals surface area contributed by atoms with Crippen LogP contribution >= 0.6 is 11.3 Å². The average Bonchev–Trinajstić information content (AvgIpc) is 3.68. The third kappa shape index (κ3) is 13.0. The Morgan fingerprint density at radius 3 is 2.07 bits per heavy atom. The molecule has 284 valence electrons. The van der Waals surface area contributed by atoms with Crippen molar-refractivity contribution in [1.29, 1.82) is 0 Å². The van der Waals surface area contributed by atoms with Crippen molar-refractivity contribution in [2.75, 3.05) is 44.2 Å². The van der Waals surface area contributed by atoms with Crippen LogP contribution in [0.5, 0.6) is 5.75 Å². The fraction of sp³-hybridized carbons (Fsp3) is 0.362. The van der Waals surface area contributed by atoms with E-state index in [2.05, 4.69) is 113 Å². The van der Waals surface area contributed by atoms with Crippen LogP contribution in [0.3, 0.4) is 0 Å². The highest BCUT2D eigenvalue weighted by atomic mass is 32.1. The SMILES string of the molecule is CC/C=C\C/C=C\C/C=C\C/C=C\C/C=C\C/C=C\CCC(=O)n1c(=O)ccc2ccc(OCCCCN3CCN(c4cccc5sccc45)CC3)cc21. The van der Waals surface area contributed by atoms with E-state index in [-0.39, 0.29) is 17.9 Å². The van der Waals surface area contributed by atoms with E-state index in [4.69, 9.17) is 4.74 Å². The molecule has 0 spiro atoms. The zero-order valence-corrected chi connectivity index (χ0v) is 32.8. The summed E-state index contributed by atoms with van der Waals surface area (Å²) >= 11 is 1.81. The molecule has 6 nitrogen and oxygen atoms in total. The van der Waals surface area contributed by atoms with Gasteiger partial charge in [0.2, 0.25) is 5.91 Å². The summed E-state index contributed by atoms with van der Waals surface area (Å²) < 4.78 is 8.77. The number of allylic oxidation sites excluding steroid dienone is 12. The molecule has 1 saturated heterocycles. The van der Waals surface area contributed by atoms with Crippen molar-refractivity contribution in [2.24, 2.45) is 0 Å². The monoisotopic (exact) mass is 743 g/mol. The minimum Gasteiger partial charge on any atom is -0.494 e. The van der Waals surface area contributed by atoms with Gasteiger partial charge in [0, 0.05) is 60.5 Å². The number of hydrogen-bond acceptors (Lipinski definition) is 6. The molecule has 0 aliphatic carbocycles. The third-order valence-electron chi connectivity index (χ3n) is 9.56. The Balaban J connectivity index is 0.968. The number of carbonyl (C=O) groups is 1. The van der Waals surface area contributed by atoms with E-state index in [9.17, 15) is 9.59 Å². The number of fused-ring (bicyclic) bond motifs is 2. The Morgan fingerprint density at radius 1 is 0.741 bits per heavy atom. The molecule has 4 aromatic rings. The van der Waals surface area contributed by atoms with Crippen molar-refractivity contribution in [1.82, 2.24) is 9.47 Å². The number of unbranched alkanes of at least 4 members (excludes halogenated alkanes) is 1. The minimum atomic E-state index is -0.306. The molecule has 0 radical (unpaired) electrons. The molecule has 0 atom stereocenters. The number of ether oxygens (including phenoxy) is 1. The molecule has 0 saturated carbocycles. The van der Waals surface area contributed by atoms with Gasteiger partial charge in [0.15, 0.2) is 0 Å². The highest BCUT2D eigenvalue weighted by molar-refractivity contribution is 7.17. The van der Waals surface area contributed by atoms with E-state index in [1.807, 2.05) is 24.3 Å². The molecule has 0 amide bonds. The zero-order valence-electron chi connectivity index (χ0n) is 32.0. The van der Waals surface area contributed by atoms with E-state index in [1.54, 1.807) is 17.4 Å². The molecular formula is C47H57N3O3S.